The van der Waals surface area contributed by atoms with E-state index in [-0.39, 0.29) is 0 Å². The van der Waals surface area contributed by atoms with Gasteiger partial charge in [0.1, 0.15) is 0 Å². The zero-order valence-electron chi connectivity index (χ0n) is 17.8. The minimum atomic E-state index is -0.687. The average molecular weight is 385 g/mol. The van der Waals surface area contributed by atoms with E-state index < -0.39 is 6.17 Å². The summed E-state index contributed by atoms with van der Waals surface area (Å²) in [6.07, 6.45) is 17.3. The second-order valence-electron chi connectivity index (χ2n) is 8.01. The average Bonchev–Trinajstić information content (AvgIpc) is 2.71. The molecule has 154 valence electrons. The smallest absolute Gasteiger partial charge is 0.159 e. The van der Waals surface area contributed by atoms with E-state index in [1.165, 1.54) is 56.1 Å². The van der Waals surface area contributed by atoms with Crippen LogP contribution in [0.4, 0.5) is 4.39 Å². The largest absolute Gasteiger partial charge is 0.248 e. The van der Waals surface area contributed by atoms with Crippen LogP contribution >= 0.6 is 0 Å². The van der Waals surface area contributed by atoms with Crippen LogP contribution in [0.2, 0.25) is 0 Å². The fourth-order valence-corrected chi connectivity index (χ4v) is 3.49. The zero-order valence-corrected chi connectivity index (χ0v) is 17.8. The maximum Gasteiger partial charge on any atom is 0.159 e. The molecule has 0 aliphatic heterocycles. The van der Waals surface area contributed by atoms with E-state index >= 15 is 0 Å². The molecule has 0 N–H and O–H groups in total. The van der Waals surface area contributed by atoms with Crippen LogP contribution in [0.5, 0.6) is 0 Å². The lowest BCUT2D eigenvalue weighted by Gasteiger charge is -2.06. The monoisotopic (exact) mass is 384 g/mol. The van der Waals surface area contributed by atoms with E-state index in [0.717, 1.165) is 37.1 Å². The van der Waals surface area contributed by atoms with Crippen molar-refractivity contribution in [2.24, 2.45) is 0 Å². The van der Waals surface area contributed by atoms with Gasteiger partial charge in [0.05, 0.1) is 6.17 Å². The second kappa shape index (κ2) is 13.4. The number of aromatic nitrogens is 2. The minimum absolute atomic E-state index is 0.664. The molecule has 0 saturated heterocycles. The summed E-state index contributed by atoms with van der Waals surface area (Å²) >= 11 is 0. The van der Waals surface area contributed by atoms with Crippen molar-refractivity contribution in [1.29, 1.82) is 0 Å². The molecular formula is C25H37FN2. The number of alkyl halides is 1. The van der Waals surface area contributed by atoms with Crippen molar-refractivity contribution in [2.75, 3.05) is 0 Å². The lowest BCUT2D eigenvalue weighted by Crippen LogP contribution is -1.95. The van der Waals surface area contributed by atoms with E-state index in [1.807, 2.05) is 12.4 Å². The summed E-state index contributed by atoms with van der Waals surface area (Å²) in [7, 11) is 0. The summed E-state index contributed by atoms with van der Waals surface area (Å²) in [6.45, 7) is 3.89. The summed E-state index contributed by atoms with van der Waals surface area (Å²) in [6, 6.07) is 8.48. The molecule has 28 heavy (non-hydrogen) atoms. The van der Waals surface area contributed by atoms with Gasteiger partial charge in [-0.05, 0) is 50.2 Å². The molecule has 1 unspecified atom stereocenters. The Balaban J connectivity index is 1.72. The molecule has 2 nitrogen and oxygen atoms in total. The van der Waals surface area contributed by atoms with Crippen LogP contribution in [-0.2, 0) is 12.8 Å². The van der Waals surface area contributed by atoms with Gasteiger partial charge < -0.3 is 0 Å². The molecule has 0 bridgehead atoms. The number of rotatable bonds is 14. The van der Waals surface area contributed by atoms with Gasteiger partial charge in [-0.3, -0.25) is 0 Å². The van der Waals surface area contributed by atoms with Gasteiger partial charge in [-0.1, -0.05) is 76.1 Å². The molecule has 0 saturated carbocycles. The van der Waals surface area contributed by atoms with Gasteiger partial charge in [0, 0.05) is 18.0 Å². The molecular weight excluding hydrogens is 347 g/mol. The standard InChI is InChI=1S/C25H37FN2/c1-3-4-5-6-7-8-9-14-23-19-27-25(28-20-23)24-17-15-22(16-18-24)13-11-10-12-21(2)26/h15-21H,3-14H2,1-2H3. The number of benzene rings is 1. The topological polar surface area (TPSA) is 25.8 Å². The molecule has 1 atom stereocenters. The Morgan fingerprint density at radius 2 is 1.32 bits per heavy atom. The van der Waals surface area contributed by atoms with Crippen LogP contribution < -0.4 is 0 Å². The fourth-order valence-electron chi connectivity index (χ4n) is 3.49. The van der Waals surface area contributed by atoms with Crippen LogP contribution in [0.3, 0.4) is 0 Å². The van der Waals surface area contributed by atoms with E-state index in [1.54, 1.807) is 6.92 Å². The van der Waals surface area contributed by atoms with Crippen molar-refractivity contribution < 1.29 is 4.39 Å². The molecule has 0 radical (unpaired) electrons. The van der Waals surface area contributed by atoms with Gasteiger partial charge in [0.25, 0.3) is 0 Å². The molecule has 0 aliphatic carbocycles. The van der Waals surface area contributed by atoms with Crippen molar-refractivity contribution in [3.63, 3.8) is 0 Å². The summed E-state index contributed by atoms with van der Waals surface area (Å²) in [5.74, 6) is 0.793. The Morgan fingerprint density at radius 3 is 1.96 bits per heavy atom. The SMILES string of the molecule is CCCCCCCCCc1cnc(-c2ccc(CCCCC(C)F)cc2)nc1. The van der Waals surface area contributed by atoms with Gasteiger partial charge in [-0.15, -0.1) is 0 Å². The van der Waals surface area contributed by atoms with E-state index in [2.05, 4.69) is 41.2 Å². The third kappa shape index (κ3) is 8.95. The highest BCUT2D eigenvalue weighted by Gasteiger charge is 2.03. The van der Waals surface area contributed by atoms with Crippen molar-refractivity contribution in [1.82, 2.24) is 9.97 Å². The number of nitrogens with zero attached hydrogens (tertiary/aromatic N) is 2. The highest BCUT2D eigenvalue weighted by Crippen LogP contribution is 2.18. The van der Waals surface area contributed by atoms with Crippen molar-refractivity contribution in [2.45, 2.75) is 97.1 Å². The Kier molecular flexibility index (Phi) is 10.8. The van der Waals surface area contributed by atoms with Gasteiger partial charge in [-0.25, -0.2) is 14.4 Å². The van der Waals surface area contributed by atoms with Crippen LogP contribution in [0.15, 0.2) is 36.7 Å². The molecule has 3 heteroatoms. The molecule has 2 rings (SSSR count). The van der Waals surface area contributed by atoms with Crippen LogP contribution in [0, 0.1) is 0 Å². The second-order valence-corrected chi connectivity index (χ2v) is 8.01. The summed E-state index contributed by atoms with van der Waals surface area (Å²) in [5, 5.41) is 0. The summed E-state index contributed by atoms with van der Waals surface area (Å²) in [4.78, 5) is 9.12. The fraction of sp³-hybridized carbons (Fsp3) is 0.600. The van der Waals surface area contributed by atoms with Gasteiger partial charge in [0.2, 0.25) is 0 Å². The first-order valence-electron chi connectivity index (χ1n) is 11.2. The molecule has 2 aromatic rings. The summed E-state index contributed by atoms with van der Waals surface area (Å²) in [5.41, 5.74) is 3.59. The quantitative estimate of drug-likeness (QED) is 0.315. The van der Waals surface area contributed by atoms with E-state index in [9.17, 15) is 4.39 Å². The Labute approximate surface area is 171 Å². The molecule has 1 aromatic carbocycles. The highest BCUT2D eigenvalue weighted by atomic mass is 19.1. The van der Waals surface area contributed by atoms with Crippen molar-refractivity contribution in [3.8, 4) is 11.4 Å². The third-order valence-corrected chi connectivity index (χ3v) is 5.30. The van der Waals surface area contributed by atoms with Gasteiger partial charge in [0.15, 0.2) is 5.82 Å². The highest BCUT2D eigenvalue weighted by molar-refractivity contribution is 5.55. The third-order valence-electron chi connectivity index (χ3n) is 5.30. The molecule has 0 spiro atoms. The molecule has 1 heterocycles. The number of unbranched alkanes of at least 4 members (excludes halogenated alkanes) is 7. The number of hydrogen-bond acceptors (Lipinski definition) is 2. The molecule has 0 fully saturated rings. The van der Waals surface area contributed by atoms with Gasteiger partial charge >= 0.3 is 0 Å². The first-order chi connectivity index (χ1) is 13.7. The Morgan fingerprint density at radius 1 is 0.750 bits per heavy atom. The zero-order chi connectivity index (χ0) is 20.0. The summed E-state index contributed by atoms with van der Waals surface area (Å²) < 4.78 is 12.8. The minimum Gasteiger partial charge on any atom is -0.248 e. The predicted molar refractivity (Wildman–Crippen MR) is 117 cm³/mol. The first kappa shape index (κ1) is 22.5. The number of hydrogen-bond donors (Lipinski definition) is 0. The first-order valence-corrected chi connectivity index (χ1v) is 11.2. The Bertz CT molecular complexity index is 635. The number of aryl methyl sites for hydroxylation is 2. The van der Waals surface area contributed by atoms with Crippen molar-refractivity contribution in [3.05, 3.63) is 47.8 Å². The van der Waals surface area contributed by atoms with E-state index in [4.69, 9.17) is 0 Å². The number of halogens is 1. The van der Waals surface area contributed by atoms with E-state index in [0.29, 0.717) is 6.42 Å². The maximum absolute atomic E-state index is 12.8. The van der Waals surface area contributed by atoms with Crippen LogP contribution in [-0.4, -0.2) is 16.1 Å². The Hall–Kier alpha value is -1.77. The maximum atomic E-state index is 12.8. The molecule has 0 aliphatic rings. The van der Waals surface area contributed by atoms with Crippen molar-refractivity contribution >= 4 is 0 Å². The van der Waals surface area contributed by atoms with Gasteiger partial charge in [-0.2, -0.15) is 0 Å². The lowest BCUT2D eigenvalue weighted by molar-refractivity contribution is 0.331. The predicted octanol–water partition coefficient (Wildman–Crippen LogP) is 7.51. The molecule has 1 aromatic heterocycles. The normalized spacial score (nSPS) is 12.2. The lowest BCUT2D eigenvalue weighted by atomic mass is 10.0. The molecule has 0 amide bonds. The van der Waals surface area contributed by atoms with Crippen LogP contribution in [0.25, 0.3) is 11.4 Å². The van der Waals surface area contributed by atoms with Crippen LogP contribution in [0.1, 0.15) is 89.2 Å².